The summed E-state index contributed by atoms with van der Waals surface area (Å²) in [6, 6.07) is 9.83. The lowest BCUT2D eigenvalue weighted by Crippen LogP contribution is -2.13. The van der Waals surface area contributed by atoms with E-state index in [1.54, 1.807) is 30.6 Å². The number of ether oxygens (including phenoxy) is 1. The maximum atomic E-state index is 13.5. The molecule has 0 aliphatic rings. The zero-order valence-corrected chi connectivity index (χ0v) is 14.1. The normalized spacial score (nSPS) is 10.4. The van der Waals surface area contributed by atoms with Gasteiger partial charge in [0.15, 0.2) is 11.6 Å². The smallest absolute Gasteiger partial charge is 0.225 e. The third-order valence-electron chi connectivity index (χ3n) is 3.77. The average Bonchev–Trinajstić information content (AvgIpc) is 2.68. The van der Waals surface area contributed by atoms with Crippen molar-refractivity contribution in [3.05, 3.63) is 66.5 Å². The number of aryl methyl sites for hydroxylation is 1. The number of carbonyl (C=O) groups excluding carboxylic acids is 1. The van der Waals surface area contributed by atoms with Gasteiger partial charge in [-0.3, -0.25) is 9.78 Å². The van der Waals surface area contributed by atoms with E-state index in [2.05, 4.69) is 20.3 Å². The number of nitrogens with zero attached hydrogens (tertiary/aromatic N) is 3. The molecule has 3 aromatic rings. The van der Waals surface area contributed by atoms with Crippen LogP contribution in [-0.4, -0.2) is 28.0 Å². The van der Waals surface area contributed by atoms with Crippen molar-refractivity contribution >= 4 is 11.7 Å². The molecule has 0 aliphatic carbocycles. The van der Waals surface area contributed by atoms with Gasteiger partial charge in [0.05, 0.1) is 12.8 Å². The summed E-state index contributed by atoms with van der Waals surface area (Å²) in [7, 11) is 1.40. The van der Waals surface area contributed by atoms with E-state index in [9.17, 15) is 9.18 Å². The quantitative estimate of drug-likeness (QED) is 0.737. The number of amides is 1. The predicted molar refractivity (Wildman–Crippen MR) is 95.2 cm³/mol. The minimum absolute atomic E-state index is 0.129. The van der Waals surface area contributed by atoms with Crippen molar-refractivity contribution in [2.45, 2.75) is 12.8 Å². The highest BCUT2D eigenvalue weighted by Gasteiger charge is 2.09. The maximum absolute atomic E-state index is 13.5. The maximum Gasteiger partial charge on any atom is 0.225 e. The number of rotatable bonds is 6. The van der Waals surface area contributed by atoms with Crippen LogP contribution < -0.4 is 10.1 Å². The molecule has 0 aliphatic heterocycles. The molecule has 0 radical (unpaired) electrons. The first kappa shape index (κ1) is 17.5. The van der Waals surface area contributed by atoms with Crippen molar-refractivity contribution in [3.8, 4) is 17.0 Å². The van der Waals surface area contributed by atoms with Crippen molar-refractivity contribution in [1.29, 1.82) is 0 Å². The first-order valence-electron chi connectivity index (χ1n) is 8.00. The largest absolute Gasteiger partial charge is 0.494 e. The molecule has 3 rings (SSSR count). The zero-order chi connectivity index (χ0) is 18.4. The van der Waals surface area contributed by atoms with Gasteiger partial charge in [0.25, 0.3) is 0 Å². The summed E-state index contributed by atoms with van der Waals surface area (Å²) in [4.78, 5) is 24.3. The molecule has 26 heavy (non-hydrogen) atoms. The van der Waals surface area contributed by atoms with Gasteiger partial charge >= 0.3 is 0 Å². The topological polar surface area (TPSA) is 77.0 Å². The number of pyridine rings is 1. The van der Waals surface area contributed by atoms with Crippen LogP contribution >= 0.6 is 0 Å². The molecule has 7 heteroatoms. The molecule has 0 saturated heterocycles. The second-order valence-corrected chi connectivity index (χ2v) is 5.54. The summed E-state index contributed by atoms with van der Waals surface area (Å²) >= 11 is 0. The van der Waals surface area contributed by atoms with Crippen LogP contribution in [0.5, 0.6) is 5.75 Å². The zero-order valence-electron chi connectivity index (χ0n) is 14.1. The lowest BCUT2D eigenvalue weighted by molar-refractivity contribution is -0.116. The molecular formula is C19H17FN4O2. The molecule has 0 atom stereocenters. The Morgan fingerprint density at radius 3 is 2.73 bits per heavy atom. The fraction of sp³-hybridized carbons (Fsp3) is 0.158. The van der Waals surface area contributed by atoms with E-state index >= 15 is 0 Å². The van der Waals surface area contributed by atoms with Crippen molar-refractivity contribution in [1.82, 2.24) is 15.0 Å². The summed E-state index contributed by atoms with van der Waals surface area (Å²) in [6.07, 6.45) is 5.68. The summed E-state index contributed by atoms with van der Waals surface area (Å²) in [5, 5.41) is 2.75. The SMILES string of the molecule is COc1cc(-c2cc(NC(=O)CCc3ccncc3)ncn2)ccc1F. The first-order chi connectivity index (χ1) is 12.7. The highest BCUT2D eigenvalue weighted by atomic mass is 19.1. The predicted octanol–water partition coefficient (Wildman–Crippen LogP) is 3.26. The second kappa shape index (κ2) is 8.15. The molecule has 132 valence electrons. The van der Waals surface area contributed by atoms with Gasteiger partial charge in [0, 0.05) is 30.4 Å². The van der Waals surface area contributed by atoms with E-state index in [-0.39, 0.29) is 11.7 Å². The Kier molecular flexibility index (Phi) is 5.48. The number of nitrogens with one attached hydrogen (secondary N) is 1. The van der Waals surface area contributed by atoms with Crippen molar-refractivity contribution in [3.63, 3.8) is 0 Å². The Balaban J connectivity index is 1.68. The number of halogens is 1. The highest BCUT2D eigenvalue weighted by molar-refractivity contribution is 5.90. The number of hydrogen-bond acceptors (Lipinski definition) is 5. The van der Waals surface area contributed by atoms with Crippen LogP contribution in [0.4, 0.5) is 10.2 Å². The number of anilines is 1. The Bertz CT molecular complexity index is 903. The molecule has 0 spiro atoms. The van der Waals surface area contributed by atoms with E-state index in [1.807, 2.05) is 12.1 Å². The molecule has 6 nitrogen and oxygen atoms in total. The molecule has 1 aromatic carbocycles. The molecule has 1 N–H and O–H groups in total. The molecule has 0 saturated carbocycles. The number of aromatic nitrogens is 3. The molecule has 1 amide bonds. The second-order valence-electron chi connectivity index (χ2n) is 5.54. The van der Waals surface area contributed by atoms with E-state index in [0.29, 0.717) is 29.9 Å². The van der Waals surface area contributed by atoms with E-state index in [1.165, 1.54) is 19.5 Å². The molecule has 0 fully saturated rings. The van der Waals surface area contributed by atoms with Gasteiger partial charge in [-0.1, -0.05) is 0 Å². The van der Waals surface area contributed by atoms with Crippen LogP contribution in [0.2, 0.25) is 0 Å². The third-order valence-corrected chi connectivity index (χ3v) is 3.77. The van der Waals surface area contributed by atoms with Crippen LogP contribution in [0.1, 0.15) is 12.0 Å². The van der Waals surface area contributed by atoms with Gasteiger partial charge in [-0.05, 0) is 42.3 Å². The lowest BCUT2D eigenvalue weighted by atomic mass is 10.1. The Hall–Kier alpha value is -3.35. The van der Waals surface area contributed by atoms with Gasteiger partial charge in [-0.25, -0.2) is 14.4 Å². The van der Waals surface area contributed by atoms with Gasteiger partial charge in [-0.15, -0.1) is 0 Å². The monoisotopic (exact) mass is 352 g/mol. The average molecular weight is 352 g/mol. The van der Waals surface area contributed by atoms with Crippen LogP contribution in [0.25, 0.3) is 11.3 Å². The third kappa shape index (κ3) is 4.38. The fourth-order valence-corrected chi connectivity index (χ4v) is 2.42. The number of carbonyl (C=O) groups is 1. The summed E-state index contributed by atoms with van der Waals surface area (Å²) in [6.45, 7) is 0. The van der Waals surface area contributed by atoms with E-state index in [4.69, 9.17) is 4.74 Å². The molecular weight excluding hydrogens is 335 g/mol. The first-order valence-corrected chi connectivity index (χ1v) is 8.00. The van der Waals surface area contributed by atoms with Gasteiger partial charge in [0.2, 0.25) is 5.91 Å². The van der Waals surface area contributed by atoms with Crippen molar-refractivity contribution < 1.29 is 13.9 Å². The number of methoxy groups -OCH3 is 1. The molecule has 0 bridgehead atoms. The van der Waals surface area contributed by atoms with Gasteiger partial charge in [0.1, 0.15) is 12.1 Å². The summed E-state index contributed by atoms with van der Waals surface area (Å²) in [5.74, 6) is -0.0832. The fourth-order valence-electron chi connectivity index (χ4n) is 2.42. The summed E-state index contributed by atoms with van der Waals surface area (Å²) < 4.78 is 18.5. The lowest BCUT2D eigenvalue weighted by Gasteiger charge is -2.08. The van der Waals surface area contributed by atoms with Gasteiger partial charge < -0.3 is 10.1 Å². The number of hydrogen-bond donors (Lipinski definition) is 1. The minimum atomic E-state index is -0.449. The standard InChI is InChI=1S/C19H17FN4O2/c1-26-17-10-14(3-4-15(17)20)16-11-18(23-12-22-16)24-19(25)5-2-13-6-8-21-9-7-13/h3-4,6-12H,2,5H2,1H3,(H,22,23,24,25). The number of benzene rings is 1. The van der Waals surface area contributed by atoms with Crippen molar-refractivity contribution in [2.75, 3.05) is 12.4 Å². The van der Waals surface area contributed by atoms with Gasteiger partial charge in [-0.2, -0.15) is 0 Å². The Morgan fingerprint density at radius 1 is 1.15 bits per heavy atom. The van der Waals surface area contributed by atoms with Crippen LogP contribution in [0.15, 0.2) is 55.1 Å². The Labute approximate surface area is 150 Å². The molecule has 0 unspecified atom stereocenters. The van der Waals surface area contributed by atoms with Crippen LogP contribution in [-0.2, 0) is 11.2 Å². The highest BCUT2D eigenvalue weighted by Crippen LogP contribution is 2.25. The van der Waals surface area contributed by atoms with E-state index < -0.39 is 5.82 Å². The van der Waals surface area contributed by atoms with E-state index in [0.717, 1.165) is 5.56 Å². The Morgan fingerprint density at radius 2 is 1.96 bits per heavy atom. The summed E-state index contributed by atoms with van der Waals surface area (Å²) in [5.41, 5.74) is 2.26. The molecule has 2 aromatic heterocycles. The van der Waals surface area contributed by atoms with Crippen LogP contribution in [0.3, 0.4) is 0 Å². The minimum Gasteiger partial charge on any atom is -0.494 e. The van der Waals surface area contributed by atoms with Crippen molar-refractivity contribution in [2.24, 2.45) is 0 Å². The molecule has 2 heterocycles. The van der Waals surface area contributed by atoms with Crippen LogP contribution in [0, 0.1) is 5.82 Å².